The van der Waals surface area contributed by atoms with Crippen LogP contribution in [0.3, 0.4) is 0 Å². The third-order valence-corrected chi connectivity index (χ3v) is 2.67. The fraction of sp³-hybridized carbons (Fsp3) is 0.833. The van der Waals surface area contributed by atoms with Crippen LogP contribution >= 0.6 is 0 Å². The molecule has 2 amide bonds. The van der Waals surface area contributed by atoms with Crippen molar-refractivity contribution in [3.8, 4) is 0 Å². The van der Waals surface area contributed by atoms with E-state index in [0.29, 0.717) is 13.0 Å². The van der Waals surface area contributed by atoms with E-state index in [0.717, 1.165) is 0 Å². The molecule has 4 N–H and O–H groups in total. The molecule has 0 spiro atoms. The fourth-order valence-corrected chi connectivity index (χ4v) is 1.77. The Morgan fingerprint density at radius 1 is 1.39 bits per heavy atom. The van der Waals surface area contributed by atoms with E-state index < -0.39 is 18.2 Å². The molecule has 0 aliphatic carbocycles. The highest BCUT2D eigenvalue weighted by Crippen LogP contribution is 2.06. The molecule has 1 fully saturated rings. The molecule has 1 aliphatic rings. The summed E-state index contributed by atoms with van der Waals surface area (Å²) in [7, 11) is 0. The molecule has 104 valence electrons. The average molecular weight is 257 g/mol. The number of aliphatic hydroxyl groups is 1. The number of hydrogen-bond acceptors (Lipinski definition) is 4. The van der Waals surface area contributed by atoms with Gasteiger partial charge in [0.25, 0.3) is 0 Å². The van der Waals surface area contributed by atoms with E-state index in [4.69, 9.17) is 0 Å². The van der Waals surface area contributed by atoms with Crippen LogP contribution < -0.4 is 16.0 Å². The maximum Gasteiger partial charge on any atom is 0.242 e. The van der Waals surface area contributed by atoms with Gasteiger partial charge in [0, 0.05) is 12.1 Å². The van der Waals surface area contributed by atoms with E-state index in [1.807, 2.05) is 20.8 Å². The molecule has 1 rings (SSSR count). The van der Waals surface area contributed by atoms with Gasteiger partial charge in [-0.05, 0) is 34.1 Å². The summed E-state index contributed by atoms with van der Waals surface area (Å²) < 4.78 is 0. The van der Waals surface area contributed by atoms with Crippen molar-refractivity contribution in [1.82, 2.24) is 16.0 Å². The van der Waals surface area contributed by atoms with Crippen molar-refractivity contribution in [3.63, 3.8) is 0 Å². The number of aliphatic hydroxyl groups excluding tert-OH is 1. The number of amides is 2. The molecule has 0 aromatic carbocycles. The Kier molecular flexibility index (Phi) is 4.70. The fourth-order valence-electron chi connectivity index (χ4n) is 1.77. The Balaban J connectivity index is 2.42. The standard InChI is InChI=1S/C12H23N3O3/c1-7(10(17)15-12(2,3)4)14-11(18)9-5-8(16)6-13-9/h7-9,13,16H,5-6H2,1-4H3,(H,14,18)(H,15,17). The molecular formula is C12H23N3O3. The second-order valence-corrected chi connectivity index (χ2v) is 5.82. The number of β-amino-alcohol motifs (C(OH)–C–C–N with tert-alkyl or cyclic N) is 1. The van der Waals surface area contributed by atoms with Gasteiger partial charge in [-0.25, -0.2) is 0 Å². The van der Waals surface area contributed by atoms with Crippen molar-refractivity contribution in [2.75, 3.05) is 6.54 Å². The molecule has 6 nitrogen and oxygen atoms in total. The van der Waals surface area contributed by atoms with Crippen molar-refractivity contribution < 1.29 is 14.7 Å². The zero-order chi connectivity index (χ0) is 13.9. The SMILES string of the molecule is CC(NC(=O)C1CC(O)CN1)C(=O)NC(C)(C)C. The van der Waals surface area contributed by atoms with E-state index in [9.17, 15) is 14.7 Å². The van der Waals surface area contributed by atoms with Crippen LogP contribution in [0.25, 0.3) is 0 Å². The summed E-state index contributed by atoms with van der Waals surface area (Å²) >= 11 is 0. The van der Waals surface area contributed by atoms with Gasteiger partial charge < -0.3 is 21.1 Å². The van der Waals surface area contributed by atoms with E-state index in [1.54, 1.807) is 6.92 Å². The minimum absolute atomic E-state index is 0.214. The monoisotopic (exact) mass is 257 g/mol. The number of carbonyl (C=O) groups is 2. The second kappa shape index (κ2) is 5.67. The molecular weight excluding hydrogens is 234 g/mol. The van der Waals surface area contributed by atoms with Crippen LogP contribution in [0.5, 0.6) is 0 Å². The van der Waals surface area contributed by atoms with Crippen molar-refractivity contribution in [3.05, 3.63) is 0 Å². The van der Waals surface area contributed by atoms with E-state index in [1.165, 1.54) is 0 Å². The van der Waals surface area contributed by atoms with Crippen LogP contribution in [-0.4, -0.2) is 47.2 Å². The third-order valence-electron chi connectivity index (χ3n) is 2.67. The summed E-state index contributed by atoms with van der Waals surface area (Å²) in [5.41, 5.74) is -0.322. The lowest BCUT2D eigenvalue weighted by Gasteiger charge is -2.24. The smallest absolute Gasteiger partial charge is 0.242 e. The molecule has 3 atom stereocenters. The summed E-state index contributed by atoms with van der Waals surface area (Å²) in [6.07, 6.45) is -0.0983. The minimum atomic E-state index is -0.587. The first-order valence-corrected chi connectivity index (χ1v) is 6.23. The predicted octanol–water partition coefficient (Wildman–Crippen LogP) is -0.871. The lowest BCUT2D eigenvalue weighted by atomic mass is 10.1. The highest BCUT2D eigenvalue weighted by atomic mass is 16.3. The minimum Gasteiger partial charge on any atom is -0.392 e. The van der Waals surface area contributed by atoms with Crippen LogP contribution in [0.1, 0.15) is 34.1 Å². The Labute approximate surface area is 108 Å². The Morgan fingerprint density at radius 2 is 2.00 bits per heavy atom. The van der Waals surface area contributed by atoms with Gasteiger partial charge in [0.1, 0.15) is 6.04 Å². The predicted molar refractivity (Wildman–Crippen MR) is 67.9 cm³/mol. The van der Waals surface area contributed by atoms with Crippen LogP contribution in [0.2, 0.25) is 0 Å². The maximum atomic E-state index is 11.8. The molecule has 0 bridgehead atoms. The first-order valence-electron chi connectivity index (χ1n) is 6.23. The second-order valence-electron chi connectivity index (χ2n) is 5.82. The summed E-state index contributed by atoms with van der Waals surface area (Å²) in [5.74, 6) is -0.461. The Morgan fingerprint density at radius 3 is 2.44 bits per heavy atom. The quantitative estimate of drug-likeness (QED) is 0.529. The number of nitrogens with one attached hydrogen (secondary N) is 3. The molecule has 3 unspecified atom stereocenters. The van der Waals surface area contributed by atoms with Crippen molar-refractivity contribution in [2.45, 2.75) is 57.8 Å². The Bertz CT molecular complexity index is 325. The number of rotatable bonds is 3. The van der Waals surface area contributed by atoms with Gasteiger partial charge >= 0.3 is 0 Å². The molecule has 1 saturated heterocycles. The highest BCUT2D eigenvalue weighted by molar-refractivity contribution is 5.89. The number of hydrogen-bond donors (Lipinski definition) is 4. The van der Waals surface area contributed by atoms with Gasteiger partial charge in [-0.2, -0.15) is 0 Å². The maximum absolute atomic E-state index is 11.8. The van der Waals surface area contributed by atoms with Gasteiger partial charge in [0.2, 0.25) is 11.8 Å². The van der Waals surface area contributed by atoms with Gasteiger partial charge in [-0.1, -0.05) is 0 Å². The van der Waals surface area contributed by atoms with Gasteiger partial charge in [0.15, 0.2) is 0 Å². The van der Waals surface area contributed by atoms with E-state index in [2.05, 4.69) is 16.0 Å². The van der Waals surface area contributed by atoms with Gasteiger partial charge in [0.05, 0.1) is 12.1 Å². The van der Waals surface area contributed by atoms with Crippen LogP contribution in [-0.2, 0) is 9.59 Å². The molecule has 1 aliphatic heterocycles. The average Bonchev–Trinajstić information content (AvgIpc) is 2.62. The molecule has 0 aromatic rings. The van der Waals surface area contributed by atoms with Crippen molar-refractivity contribution in [1.29, 1.82) is 0 Å². The lowest BCUT2D eigenvalue weighted by molar-refractivity contribution is -0.130. The molecule has 0 saturated carbocycles. The van der Waals surface area contributed by atoms with E-state index >= 15 is 0 Å². The van der Waals surface area contributed by atoms with Crippen molar-refractivity contribution >= 4 is 11.8 Å². The van der Waals surface area contributed by atoms with Crippen LogP contribution in [0, 0.1) is 0 Å². The number of carbonyl (C=O) groups excluding carboxylic acids is 2. The molecule has 1 heterocycles. The lowest BCUT2D eigenvalue weighted by Crippen LogP contribution is -2.53. The first-order chi connectivity index (χ1) is 8.19. The highest BCUT2D eigenvalue weighted by Gasteiger charge is 2.30. The summed E-state index contributed by atoms with van der Waals surface area (Å²) in [4.78, 5) is 23.6. The van der Waals surface area contributed by atoms with Gasteiger partial charge in [-0.15, -0.1) is 0 Å². The van der Waals surface area contributed by atoms with Crippen molar-refractivity contribution in [2.24, 2.45) is 0 Å². The molecule has 6 heteroatoms. The van der Waals surface area contributed by atoms with Gasteiger partial charge in [-0.3, -0.25) is 9.59 Å². The van der Waals surface area contributed by atoms with E-state index in [-0.39, 0.29) is 17.4 Å². The molecule has 0 aromatic heterocycles. The summed E-state index contributed by atoms with van der Waals surface area (Å²) in [5, 5.41) is 17.7. The van der Waals surface area contributed by atoms with Crippen LogP contribution in [0.15, 0.2) is 0 Å². The third kappa shape index (κ3) is 4.62. The molecule has 18 heavy (non-hydrogen) atoms. The summed E-state index contributed by atoms with van der Waals surface area (Å²) in [6, 6.07) is -0.999. The molecule has 0 radical (unpaired) electrons. The van der Waals surface area contributed by atoms with Crippen LogP contribution in [0.4, 0.5) is 0 Å². The largest absolute Gasteiger partial charge is 0.392 e. The zero-order valence-corrected chi connectivity index (χ0v) is 11.4. The first kappa shape index (κ1) is 14.9. The zero-order valence-electron chi connectivity index (χ0n) is 11.4. The topological polar surface area (TPSA) is 90.5 Å². The summed E-state index contributed by atoms with van der Waals surface area (Å²) in [6.45, 7) is 7.71. The normalized spacial score (nSPS) is 25.6. The Hall–Kier alpha value is -1.14.